The Balaban J connectivity index is 1.35. The van der Waals surface area contributed by atoms with Crippen molar-refractivity contribution in [1.82, 2.24) is 10.2 Å². The highest BCUT2D eigenvalue weighted by atomic mass is 16.4. The van der Waals surface area contributed by atoms with E-state index in [1.54, 1.807) is 12.1 Å². The van der Waals surface area contributed by atoms with Crippen LogP contribution in [0.15, 0.2) is 54.6 Å². The number of benzene rings is 2. The maximum Gasteiger partial charge on any atom is 0.335 e. The molecule has 132 valence electrons. The van der Waals surface area contributed by atoms with Crippen LogP contribution in [0.4, 0.5) is 0 Å². The molecule has 1 aliphatic rings. The van der Waals surface area contributed by atoms with Gasteiger partial charge in [-0.3, -0.25) is 0 Å². The number of carboxylic acid groups (broad SMARTS) is 1. The lowest BCUT2D eigenvalue weighted by molar-refractivity contribution is 0.0697. The van der Waals surface area contributed by atoms with Gasteiger partial charge < -0.3 is 15.3 Å². The molecule has 4 heteroatoms. The summed E-state index contributed by atoms with van der Waals surface area (Å²) < 4.78 is 0. The van der Waals surface area contributed by atoms with Crippen molar-refractivity contribution in [2.75, 3.05) is 26.2 Å². The second-order valence-corrected chi connectivity index (χ2v) is 6.82. The molecule has 1 unspecified atom stereocenters. The third-order valence-corrected chi connectivity index (χ3v) is 4.89. The van der Waals surface area contributed by atoms with Gasteiger partial charge in [0.2, 0.25) is 0 Å². The zero-order valence-corrected chi connectivity index (χ0v) is 14.5. The number of hydrogen-bond donors (Lipinski definition) is 2. The molecule has 0 saturated carbocycles. The molecule has 25 heavy (non-hydrogen) atoms. The fourth-order valence-electron chi connectivity index (χ4n) is 3.40. The minimum atomic E-state index is -0.874. The van der Waals surface area contributed by atoms with Crippen molar-refractivity contribution >= 4 is 5.97 Å². The predicted molar refractivity (Wildman–Crippen MR) is 99.8 cm³/mol. The van der Waals surface area contributed by atoms with E-state index in [-0.39, 0.29) is 0 Å². The van der Waals surface area contributed by atoms with Crippen LogP contribution in [0.25, 0.3) is 0 Å². The third kappa shape index (κ3) is 5.41. The molecule has 0 spiro atoms. The van der Waals surface area contributed by atoms with Crippen LogP contribution in [-0.4, -0.2) is 42.2 Å². The molecule has 0 radical (unpaired) electrons. The molecule has 2 N–H and O–H groups in total. The molecule has 2 aromatic rings. The van der Waals surface area contributed by atoms with Crippen LogP contribution in [-0.2, 0) is 13.0 Å². The lowest BCUT2D eigenvalue weighted by atomic mass is 10.1. The lowest BCUT2D eigenvalue weighted by Crippen LogP contribution is -2.27. The van der Waals surface area contributed by atoms with Gasteiger partial charge in [0.15, 0.2) is 0 Å². The second kappa shape index (κ2) is 8.79. The van der Waals surface area contributed by atoms with Crippen LogP contribution in [0.1, 0.15) is 27.9 Å². The Morgan fingerprint density at radius 3 is 2.56 bits per heavy atom. The number of nitrogens with one attached hydrogen (secondary N) is 1. The molecule has 1 aliphatic heterocycles. The van der Waals surface area contributed by atoms with E-state index in [1.165, 1.54) is 18.5 Å². The average Bonchev–Trinajstić information content (AvgIpc) is 3.09. The molecular weight excluding hydrogens is 312 g/mol. The number of rotatable bonds is 8. The number of carbonyl (C=O) groups is 1. The van der Waals surface area contributed by atoms with Crippen LogP contribution in [0.5, 0.6) is 0 Å². The Morgan fingerprint density at radius 1 is 1.08 bits per heavy atom. The molecule has 0 amide bonds. The predicted octanol–water partition coefficient (Wildman–Crippen LogP) is 3.04. The summed E-state index contributed by atoms with van der Waals surface area (Å²) in [6.45, 7) is 5.30. The summed E-state index contributed by atoms with van der Waals surface area (Å²) in [6, 6.07) is 17.8. The van der Waals surface area contributed by atoms with Crippen molar-refractivity contribution in [1.29, 1.82) is 0 Å². The van der Waals surface area contributed by atoms with Crippen LogP contribution in [0.3, 0.4) is 0 Å². The van der Waals surface area contributed by atoms with Gasteiger partial charge in [0.25, 0.3) is 0 Å². The van der Waals surface area contributed by atoms with Crippen LogP contribution < -0.4 is 5.32 Å². The van der Waals surface area contributed by atoms with Gasteiger partial charge in [-0.25, -0.2) is 4.79 Å². The molecule has 3 rings (SSSR count). The van der Waals surface area contributed by atoms with Gasteiger partial charge >= 0.3 is 5.97 Å². The normalized spacial score (nSPS) is 17.7. The highest BCUT2D eigenvalue weighted by Crippen LogP contribution is 2.16. The summed E-state index contributed by atoms with van der Waals surface area (Å²) in [7, 11) is 0. The maximum absolute atomic E-state index is 10.9. The first kappa shape index (κ1) is 17.6. The Bertz CT molecular complexity index is 670. The first-order chi connectivity index (χ1) is 12.2. The second-order valence-electron chi connectivity index (χ2n) is 6.82. The van der Waals surface area contributed by atoms with Crippen molar-refractivity contribution in [3.8, 4) is 0 Å². The molecular formula is C21H26N2O2. The topological polar surface area (TPSA) is 52.6 Å². The van der Waals surface area contributed by atoms with Gasteiger partial charge in [0.1, 0.15) is 0 Å². The van der Waals surface area contributed by atoms with E-state index in [0.29, 0.717) is 11.5 Å². The molecule has 0 aromatic heterocycles. The fourth-order valence-corrected chi connectivity index (χ4v) is 3.40. The first-order valence-electron chi connectivity index (χ1n) is 9.00. The Hall–Kier alpha value is -2.17. The van der Waals surface area contributed by atoms with E-state index in [1.807, 2.05) is 12.1 Å². The van der Waals surface area contributed by atoms with Crippen molar-refractivity contribution < 1.29 is 9.90 Å². The standard InChI is InChI=1S/C21H26N2O2/c24-21(25)20-8-6-18(7-9-20)14-22-15-19-11-13-23(16-19)12-10-17-4-2-1-3-5-17/h1-9,19,22H,10-16H2,(H,24,25). The Morgan fingerprint density at radius 2 is 1.84 bits per heavy atom. The van der Waals surface area contributed by atoms with E-state index in [4.69, 9.17) is 5.11 Å². The average molecular weight is 338 g/mol. The summed E-state index contributed by atoms with van der Waals surface area (Å²) in [4.78, 5) is 13.4. The molecule has 1 atom stereocenters. The largest absolute Gasteiger partial charge is 0.478 e. The number of carboxylic acids is 1. The minimum absolute atomic E-state index is 0.341. The van der Waals surface area contributed by atoms with Gasteiger partial charge in [-0.1, -0.05) is 42.5 Å². The van der Waals surface area contributed by atoms with Crippen LogP contribution in [0, 0.1) is 5.92 Å². The summed E-state index contributed by atoms with van der Waals surface area (Å²) in [5.41, 5.74) is 2.88. The summed E-state index contributed by atoms with van der Waals surface area (Å²) in [5, 5.41) is 12.4. The molecule has 1 saturated heterocycles. The van der Waals surface area contributed by atoms with Gasteiger partial charge in [0.05, 0.1) is 5.56 Å². The highest BCUT2D eigenvalue weighted by molar-refractivity contribution is 5.87. The maximum atomic E-state index is 10.9. The number of aromatic carboxylic acids is 1. The number of likely N-dealkylation sites (tertiary alicyclic amines) is 1. The number of hydrogen-bond acceptors (Lipinski definition) is 3. The monoisotopic (exact) mass is 338 g/mol. The smallest absolute Gasteiger partial charge is 0.335 e. The van der Waals surface area contributed by atoms with E-state index in [0.717, 1.165) is 38.2 Å². The molecule has 1 heterocycles. The third-order valence-electron chi connectivity index (χ3n) is 4.89. The van der Waals surface area contributed by atoms with Crippen LogP contribution >= 0.6 is 0 Å². The molecule has 2 aromatic carbocycles. The summed E-state index contributed by atoms with van der Waals surface area (Å²) in [5.74, 6) is -0.171. The summed E-state index contributed by atoms with van der Waals surface area (Å²) >= 11 is 0. The molecule has 4 nitrogen and oxygen atoms in total. The summed E-state index contributed by atoms with van der Waals surface area (Å²) in [6.07, 6.45) is 2.37. The van der Waals surface area contributed by atoms with E-state index in [2.05, 4.69) is 40.5 Å². The van der Waals surface area contributed by atoms with Crippen molar-refractivity contribution in [2.45, 2.75) is 19.4 Å². The van der Waals surface area contributed by atoms with Gasteiger partial charge in [-0.15, -0.1) is 0 Å². The molecule has 1 fully saturated rings. The van der Waals surface area contributed by atoms with Crippen molar-refractivity contribution in [2.24, 2.45) is 5.92 Å². The van der Waals surface area contributed by atoms with Crippen molar-refractivity contribution in [3.05, 3.63) is 71.3 Å². The minimum Gasteiger partial charge on any atom is -0.478 e. The fraction of sp³-hybridized carbons (Fsp3) is 0.381. The van der Waals surface area contributed by atoms with Gasteiger partial charge in [0, 0.05) is 19.6 Å². The van der Waals surface area contributed by atoms with E-state index < -0.39 is 5.97 Å². The number of nitrogens with zero attached hydrogens (tertiary/aromatic N) is 1. The van der Waals surface area contributed by atoms with Gasteiger partial charge in [-0.05, 0) is 55.1 Å². The zero-order valence-electron chi connectivity index (χ0n) is 14.5. The van der Waals surface area contributed by atoms with Gasteiger partial charge in [-0.2, -0.15) is 0 Å². The molecule has 0 bridgehead atoms. The zero-order chi connectivity index (χ0) is 17.5. The Labute approximate surface area is 149 Å². The quantitative estimate of drug-likeness (QED) is 0.777. The first-order valence-corrected chi connectivity index (χ1v) is 9.00. The van der Waals surface area contributed by atoms with Crippen molar-refractivity contribution in [3.63, 3.8) is 0 Å². The lowest BCUT2D eigenvalue weighted by Gasteiger charge is -2.16. The van der Waals surface area contributed by atoms with E-state index >= 15 is 0 Å². The Kier molecular flexibility index (Phi) is 6.20. The van der Waals surface area contributed by atoms with E-state index in [9.17, 15) is 4.79 Å². The van der Waals surface area contributed by atoms with Crippen LogP contribution in [0.2, 0.25) is 0 Å². The SMILES string of the molecule is O=C(O)c1ccc(CNCC2CCN(CCc3ccccc3)C2)cc1. The highest BCUT2D eigenvalue weighted by Gasteiger charge is 2.21. The molecule has 0 aliphatic carbocycles.